The molecular formula is C23H22N2O4. The van der Waals surface area contributed by atoms with E-state index in [9.17, 15) is 14.7 Å². The molecule has 0 radical (unpaired) electrons. The number of pyridine rings is 1. The summed E-state index contributed by atoms with van der Waals surface area (Å²) in [6, 6.07) is 8.44. The lowest BCUT2D eigenvalue weighted by Crippen LogP contribution is -2.37. The molecular weight excluding hydrogens is 368 g/mol. The van der Waals surface area contributed by atoms with Crippen molar-refractivity contribution < 1.29 is 19.4 Å². The first-order valence-electron chi connectivity index (χ1n) is 10.1. The predicted octanol–water partition coefficient (Wildman–Crippen LogP) is 3.38. The van der Waals surface area contributed by atoms with Crippen molar-refractivity contribution in [1.29, 1.82) is 0 Å². The third-order valence-electron chi connectivity index (χ3n) is 6.16. The second-order valence-corrected chi connectivity index (χ2v) is 7.85. The highest BCUT2D eigenvalue weighted by atomic mass is 16.5. The lowest BCUT2D eigenvalue weighted by molar-refractivity contribution is -0.141. The van der Waals surface area contributed by atoms with Crippen LogP contribution in [-0.4, -0.2) is 39.3 Å². The first-order chi connectivity index (χ1) is 14.1. The molecule has 1 aromatic heterocycles. The summed E-state index contributed by atoms with van der Waals surface area (Å²) in [5.41, 5.74) is 2.42. The molecule has 1 atom stereocenters. The van der Waals surface area contributed by atoms with Crippen molar-refractivity contribution in [2.45, 2.75) is 44.2 Å². The van der Waals surface area contributed by atoms with E-state index in [0.29, 0.717) is 12.2 Å². The van der Waals surface area contributed by atoms with E-state index < -0.39 is 17.7 Å². The van der Waals surface area contributed by atoms with Crippen LogP contribution in [0.3, 0.4) is 0 Å². The molecule has 6 nitrogen and oxygen atoms in total. The number of fused-ring (bicyclic) bond motifs is 1. The Morgan fingerprint density at radius 2 is 2.00 bits per heavy atom. The fraction of sp³-hybridized carbons (Fsp3) is 0.348. The van der Waals surface area contributed by atoms with E-state index in [1.165, 1.54) is 0 Å². The number of aliphatic hydroxyl groups excluding tert-OH is 1. The van der Waals surface area contributed by atoms with Crippen LogP contribution < -0.4 is 4.74 Å². The minimum absolute atomic E-state index is 0.00961. The maximum absolute atomic E-state index is 13.1. The Balaban J connectivity index is 1.65. The van der Waals surface area contributed by atoms with Gasteiger partial charge in [-0.05, 0) is 48.2 Å². The largest absolute Gasteiger partial charge is 0.507 e. The number of aliphatic hydroxyl groups is 1. The number of carbonyl (C=O) groups excluding carboxylic acids is 2. The summed E-state index contributed by atoms with van der Waals surface area (Å²) < 4.78 is 5.54. The van der Waals surface area contributed by atoms with Crippen LogP contribution in [0.5, 0.6) is 5.75 Å². The number of likely N-dealkylation sites (tertiary alicyclic amines) is 1. The number of ketones is 1. The van der Waals surface area contributed by atoms with Crippen LogP contribution in [0, 0.1) is 0 Å². The molecule has 5 rings (SSSR count). The number of benzene rings is 1. The summed E-state index contributed by atoms with van der Waals surface area (Å²) in [5, 5.41) is 11.2. The van der Waals surface area contributed by atoms with Gasteiger partial charge in [-0.25, -0.2) is 0 Å². The van der Waals surface area contributed by atoms with Gasteiger partial charge in [0.1, 0.15) is 11.5 Å². The van der Waals surface area contributed by atoms with Crippen molar-refractivity contribution in [2.24, 2.45) is 0 Å². The molecule has 2 aromatic rings. The average Bonchev–Trinajstić information content (AvgIpc) is 3.48. The van der Waals surface area contributed by atoms with Crippen molar-refractivity contribution in [3.8, 4) is 5.75 Å². The van der Waals surface area contributed by atoms with Crippen LogP contribution in [0.1, 0.15) is 48.4 Å². The highest BCUT2D eigenvalue weighted by Gasteiger charge is 2.49. The van der Waals surface area contributed by atoms with Crippen molar-refractivity contribution in [2.75, 3.05) is 6.61 Å². The van der Waals surface area contributed by atoms with E-state index in [-0.39, 0.29) is 17.4 Å². The molecule has 1 unspecified atom stereocenters. The molecule has 3 aliphatic rings. The molecule has 3 heterocycles. The lowest BCUT2D eigenvalue weighted by atomic mass is 9.95. The molecule has 1 amide bonds. The number of hydrogen-bond acceptors (Lipinski definition) is 5. The minimum atomic E-state index is -0.625. The van der Waals surface area contributed by atoms with Gasteiger partial charge in [0.2, 0.25) is 0 Å². The van der Waals surface area contributed by atoms with Gasteiger partial charge in [0.15, 0.2) is 0 Å². The summed E-state index contributed by atoms with van der Waals surface area (Å²) in [7, 11) is 0. The second kappa shape index (κ2) is 7.03. The van der Waals surface area contributed by atoms with E-state index in [1.54, 1.807) is 29.4 Å². The van der Waals surface area contributed by atoms with Crippen LogP contribution in [0.15, 0.2) is 48.3 Å². The molecule has 6 heteroatoms. The molecule has 2 fully saturated rings. The van der Waals surface area contributed by atoms with Crippen LogP contribution in [-0.2, 0) is 16.0 Å². The normalized spacial score (nSPS) is 23.4. The Morgan fingerprint density at radius 3 is 2.76 bits per heavy atom. The predicted molar refractivity (Wildman–Crippen MR) is 106 cm³/mol. The van der Waals surface area contributed by atoms with E-state index in [2.05, 4.69) is 4.98 Å². The number of nitrogens with zero attached hydrogens (tertiary/aromatic N) is 2. The number of rotatable bonds is 3. The highest BCUT2D eigenvalue weighted by molar-refractivity contribution is 6.46. The number of Topliss-reactive ketones (excluding diaryl/α,β-unsaturated/α-hetero) is 1. The number of carbonyl (C=O) groups is 2. The van der Waals surface area contributed by atoms with Crippen molar-refractivity contribution in [3.63, 3.8) is 0 Å². The number of aromatic nitrogens is 1. The maximum atomic E-state index is 13.1. The first kappa shape index (κ1) is 17.9. The zero-order chi connectivity index (χ0) is 20.0. The SMILES string of the molecule is O=C1C(=O)N(C2CCCC2)C(c2cccnc2)/C1=C(/O)c1ccc2c(c1)CCO2. The van der Waals surface area contributed by atoms with Crippen molar-refractivity contribution in [1.82, 2.24) is 9.88 Å². The molecule has 1 saturated heterocycles. The van der Waals surface area contributed by atoms with E-state index in [0.717, 1.165) is 49.0 Å². The average molecular weight is 390 g/mol. The van der Waals surface area contributed by atoms with Crippen LogP contribution in [0.4, 0.5) is 0 Å². The fourth-order valence-electron chi connectivity index (χ4n) is 4.76. The van der Waals surface area contributed by atoms with E-state index >= 15 is 0 Å². The van der Waals surface area contributed by atoms with Crippen molar-refractivity contribution >= 4 is 17.4 Å². The summed E-state index contributed by atoms with van der Waals surface area (Å²) in [4.78, 5) is 31.9. The fourth-order valence-corrected chi connectivity index (χ4v) is 4.76. The third-order valence-corrected chi connectivity index (χ3v) is 6.16. The van der Waals surface area contributed by atoms with Gasteiger partial charge in [0.25, 0.3) is 11.7 Å². The molecule has 148 valence electrons. The lowest BCUT2D eigenvalue weighted by Gasteiger charge is -2.30. The highest BCUT2D eigenvalue weighted by Crippen LogP contribution is 2.43. The Hall–Kier alpha value is -3.15. The topological polar surface area (TPSA) is 79.7 Å². The molecule has 0 spiro atoms. The molecule has 1 aromatic carbocycles. The number of amides is 1. The molecule has 29 heavy (non-hydrogen) atoms. The van der Waals surface area contributed by atoms with Gasteiger partial charge >= 0.3 is 0 Å². The molecule has 1 N–H and O–H groups in total. The van der Waals surface area contributed by atoms with Crippen LogP contribution in [0.25, 0.3) is 5.76 Å². The van der Waals surface area contributed by atoms with Gasteiger partial charge in [-0.1, -0.05) is 18.9 Å². The molecule has 0 bridgehead atoms. The van der Waals surface area contributed by atoms with Crippen molar-refractivity contribution in [3.05, 3.63) is 65.0 Å². The Bertz CT molecular complexity index is 1010. The quantitative estimate of drug-likeness (QED) is 0.494. The Labute approximate surface area is 168 Å². The van der Waals surface area contributed by atoms with Gasteiger partial charge < -0.3 is 14.7 Å². The molecule has 2 aliphatic heterocycles. The number of hydrogen-bond donors (Lipinski definition) is 1. The van der Waals surface area contributed by atoms with Gasteiger partial charge in [-0.3, -0.25) is 14.6 Å². The summed E-state index contributed by atoms with van der Waals surface area (Å²) >= 11 is 0. The summed E-state index contributed by atoms with van der Waals surface area (Å²) in [6.45, 7) is 0.612. The standard InChI is InChI=1S/C23H22N2O4/c26-21(15-7-8-18-14(12-15)9-11-29-18)19-20(16-4-3-10-24-13-16)25(23(28)22(19)27)17-5-1-2-6-17/h3-4,7-8,10,12-13,17,20,26H,1-2,5-6,9,11H2/b21-19-. The van der Waals surface area contributed by atoms with Gasteiger partial charge in [-0.15, -0.1) is 0 Å². The molecule has 1 saturated carbocycles. The Morgan fingerprint density at radius 1 is 1.17 bits per heavy atom. The van der Waals surface area contributed by atoms with Gasteiger partial charge in [-0.2, -0.15) is 0 Å². The zero-order valence-corrected chi connectivity index (χ0v) is 16.0. The van der Waals surface area contributed by atoms with E-state index in [4.69, 9.17) is 4.74 Å². The van der Waals surface area contributed by atoms with Crippen LogP contribution >= 0.6 is 0 Å². The summed E-state index contributed by atoms with van der Waals surface area (Å²) in [5.74, 6) is -0.485. The zero-order valence-electron chi connectivity index (χ0n) is 16.0. The van der Waals surface area contributed by atoms with E-state index in [1.807, 2.05) is 18.2 Å². The van der Waals surface area contributed by atoms with Crippen LogP contribution in [0.2, 0.25) is 0 Å². The van der Waals surface area contributed by atoms with Gasteiger partial charge in [0, 0.05) is 30.4 Å². The smallest absolute Gasteiger partial charge is 0.295 e. The van der Waals surface area contributed by atoms with Gasteiger partial charge in [0.05, 0.1) is 18.2 Å². The minimum Gasteiger partial charge on any atom is -0.507 e. The molecule has 1 aliphatic carbocycles. The number of ether oxygens (including phenoxy) is 1. The third kappa shape index (κ3) is 2.90. The maximum Gasteiger partial charge on any atom is 0.295 e. The monoisotopic (exact) mass is 390 g/mol. The summed E-state index contributed by atoms with van der Waals surface area (Å²) in [6.07, 6.45) is 7.92. The Kier molecular flexibility index (Phi) is 4.34. The second-order valence-electron chi connectivity index (χ2n) is 7.85. The first-order valence-corrected chi connectivity index (χ1v) is 10.1.